The molecule has 5 nitrogen and oxygen atoms in total. The van der Waals surface area contributed by atoms with Crippen LogP contribution in [0.3, 0.4) is 0 Å². The molecule has 0 saturated carbocycles. The Hall–Kier alpha value is -1.65. The van der Waals surface area contributed by atoms with E-state index in [2.05, 4.69) is 14.9 Å². The lowest BCUT2D eigenvalue weighted by atomic mass is 9.95. The lowest BCUT2D eigenvalue weighted by Gasteiger charge is -2.34. The number of nitrogens with zero attached hydrogens (tertiary/aromatic N) is 4. The molecule has 1 aliphatic heterocycles. The second-order valence-electron chi connectivity index (χ2n) is 5.29. The van der Waals surface area contributed by atoms with Crippen molar-refractivity contribution in [3.8, 4) is 0 Å². The number of piperidine rings is 1. The van der Waals surface area contributed by atoms with Gasteiger partial charge in [0.15, 0.2) is 0 Å². The van der Waals surface area contributed by atoms with Gasteiger partial charge in [0.1, 0.15) is 5.82 Å². The van der Waals surface area contributed by atoms with E-state index in [1.54, 1.807) is 12.4 Å². The van der Waals surface area contributed by atoms with Crippen LogP contribution in [0.25, 0.3) is 0 Å². The smallest absolute Gasteiger partial charge is 0.225 e. The van der Waals surface area contributed by atoms with Crippen LogP contribution in [0.1, 0.15) is 32.4 Å². The van der Waals surface area contributed by atoms with Crippen molar-refractivity contribution in [1.82, 2.24) is 14.9 Å². The summed E-state index contributed by atoms with van der Waals surface area (Å²) in [6, 6.07) is 0. The summed E-state index contributed by atoms with van der Waals surface area (Å²) >= 11 is 0. The molecule has 0 atom stereocenters. The number of carbonyl (C=O) groups excluding carboxylic acids is 1. The third-order valence-corrected chi connectivity index (χ3v) is 3.99. The maximum Gasteiger partial charge on any atom is 0.225 e. The Morgan fingerprint density at radius 1 is 1.30 bits per heavy atom. The first kappa shape index (κ1) is 14.8. The normalized spacial score (nSPS) is 16.2. The van der Waals surface area contributed by atoms with Crippen LogP contribution in [0.2, 0.25) is 0 Å². The molecule has 110 valence electrons. The standard InChI is InChI=1S/C15H24N4O/c1-4-18(5-2)15(20)13-6-8-19(9-7-13)14-11-16-10-12(3)17-14/h10-11,13H,4-9H2,1-3H3. The second kappa shape index (κ2) is 6.68. The van der Waals surface area contributed by atoms with E-state index >= 15 is 0 Å². The van der Waals surface area contributed by atoms with Gasteiger partial charge in [-0.2, -0.15) is 0 Å². The summed E-state index contributed by atoms with van der Waals surface area (Å²) in [5, 5.41) is 0. The van der Waals surface area contributed by atoms with Crippen molar-refractivity contribution in [2.75, 3.05) is 31.1 Å². The number of hydrogen-bond acceptors (Lipinski definition) is 4. The molecule has 0 aliphatic carbocycles. The zero-order chi connectivity index (χ0) is 14.5. The minimum Gasteiger partial charge on any atom is -0.355 e. The number of rotatable bonds is 4. The quantitative estimate of drug-likeness (QED) is 0.842. The average Bonchev–Trinajstić information content (AvgIpc) is 2.48. The van der Waals surface area contributed by atoms with Gasteiger partial charge in [-0.1, -0.05) is 0 Å². The Kier molecular flexibility index (Phi) is 4.93. The van der Waals surface area contributed by atoms with Gasteiger partial charge in [0, 0.05) is 38.3 Å². The summed E-state index contributed by atoms with van der Waals surface area (Å²) in [4.78, 5) is 25.2. The minimum absolute atomic E-state index is 0.170. The molecule has 0 aromatic carbocycles. The van der Waals surface area contributed by atoms with Gasteiger partial charge >= 0.3 is 0 Å². The van der Waals surface area contributed by atoms with Gasteiger partial charge in [-0.05, 0) is 33.6 Å². The topological polar surface area (TPSA) is 49.3 Å². The van der Waals surface area contributed by atoms with Crippen LogP contribution in [-0.4, -0.2) is 47.0 Å². The Labute approximate surface area is 121 Å². The van der Waals surface area contributed by atoms with Crippen molar-refractivity contribution in [3.05, 3.63) is 18.1 Å². The molecule has 1 aliphatic rings. The molecule has 0 spiro atoms. The van der Waals surface area contributed by atoms with E-state index < -0.39 is 0 Å². The van der Waals surface area contributed by atoms with Gasteiger partial charge in [-0.3, -0.25) is 9.78 Å². The van der Waals surface area contributed by atoms with E-state index in [4.69, 9.17) is 0 Å². The first-order valence-electron chi connectivity index (χ1n) is 7.48. The third-order valence-electron chi connectivity index (χ3n) is 3.99. The van der Waals surface area contributed by atoms with Crippen molar-refractivity contribution in [2.24, 2.45) is 5.92 Å². The Morgan fingerprint density at radius 3 is 2.50 bits per heavy atom. The highest BCUT2D eigenvalue weighted by molar-refractivity contribution is 5.79. The van der Waals surface area contributed by atoms with E-state index in [1.807, 2.05) is 25.7 Å². The fraction of sp³-hybridized carbons (Fsp3) is 0.667. The molecule has 20 heavy (non-hydrogen) atoms. The van der Waals surface area contributed by atoms with Crippen LogP contribution >= 0.6 is 0 Å². The van der Waals surface area contributed by atoms with Gasteiger partial charge in [-0.15, -0.1) is 0 Å². The highest BCUT2D eigenvalue weighted by Gasteiger charge is 2.27. The van der Waals surface area contributed by atoms with Gasteiger partial charge < -0.3 is 9.80 Å². The lowest BCUT2D eigenvalue weighted by Crippen LogP contribution is -2.42. The maximum absolute atomic E-state index is 12.3. The monoisotopic (exact) mass is 276 g/mol. The minimum atomic E-state index is 0.170. The highest BCUT2D eigenvalue weighted by Crippen LogP contribution is 2.23. The van der Waals surface area contributed by atoms with Crippen LogP contribution in [-0.2, 0) is 4.79 Å². The highest BCUT2D eigenvalue weighted by atomic mass is 16.2. The van der Waals surface area contributed by atoms with Crippen molar-refractivity contribution >= 4 is 11.7 Å². The van der Waals surface area contributed by atoms with Crippen LogP contribution in [0.15, 0.2) is 12.4 Å². The van der Waals surface area contributed by atoms with E-state index in [9.17, 15) is 4.79 Å². The summed E-state index contributed by atoms with van der Waals surface area (Å²) in [7, 11) is 0. The maximum atomic E-state index is 12.3. The molecule has 2 rings (SSSR count). The van der Waals surface area contributed by atoms with Crippen molar-refractivity contribution in [3.63, 3.8) is 0 Å². The summed E-state index contributed by atoms with van der Waals surface area (Å²) in [6.45, 7) is 9.41. The first-order valence-corrected chi connectivity index (χ1v) is 7.48. The molecule has 1 aromatic rings. The number of hydrogen-bond donors (Lipinski definition) is 0. The number of aryl methyl sites for hydroxylation is 1. The van der Waals surface area contributed by atoms with Crippen LogP contribution in [0.4, 0.5) is 5.82 Å². The Balaban J connectivity index is 1.94. The Bertz CT molecular complexity index is 451. The molecule has 1 aromatic heterocycles. The zero-order valence-electron chi connectivity index (χ0n) is 12.7. The molecule has 0 N–H and O–H groups in total. The number of anilines is 1. The average molecular weight is 276 g/mol. The summed E-state index contributed by atoms with van der Waals surface area (Å²) < 4.78 is 0. The van der Waals surface area contributed by atoms with Crippen molar-refractivity contribution in [2.45, 2.75) is 33.6 Å². The molecule has 1 fully saturated rings. The Morgan fingerprint density at radius 2 is 1.95 bits per heavy atom. The fourth-order valence-corrected chi connectivity index (χ4v) is 2.75. The zero-order valence-corrected chi connectivity index (χ0v) is 12.7. The van der Waals surface area contributed by atoms with E-state index in [1.165, 1.54) is 0 Å². The molecule has 1 amide bonds. The summed E-state index contributed by atoms with van der Waals surface area (Å²) in [6.07, 6.45) is 5.38. The van der Waals surface area contributed by atoms with Crippen molar-refractivity contribution in [1.29, 1.82) is 0 Å². The van der Waals surface area contributed by atoms with Crippen molar-refractivity contribution < 1.29 is 4.79 Å². The van der Waals surface area contributed by atoms with E-state index in [0.29, 0.717) is 5.91 Å². The van der Waals surface area contributed by atoms with Gasteiger partial charge in [0.2, 0.25) is 5.91 Å². The van der Waals surface area contributed by atoms with E-state index in [0.717, 1.165) is 50.5 Å². The number of aromatic nitrogens is 2. The lowest BCUT2D eigenvalue weighted by molar-refractivity contribution is -0.135. The predicted octanol–water partition coefficient (Wildman–Crippen LogP) is 1.87. The molecule has 5 heteroatoms. The molecular formula is C15H24N4O. The first-order chi connectivity index (χ1) is 9.65. The summed E-state index contributed by atoms with van der Waals surface area (Å²) in [5.41, 5.74) is 0.934. The van der Waals surface area contributed by atoms with Crippen LogP contribution < -0.4 is 4.90 Å². The van der Waals surface area contributed by atoms with Crippen LogP contribution in [0.5, 0.6) is 0 Å². The molecule has 0 radical (unpaired) electrons. The third kappa shape index (κ3) is 3.26. The van der Waals surface area contributed by atoms with Crippen LogP contribution in [0, 0.1) is 12.8 Å². The van der Waals surface area contributed by atoms with E-state index in [-0.39, 0.29) is 5.92 Å². The fourth-order valence-electron chi connectivity index (χ4n) is 2.75. The van der Waals surface area contributed by atoms with Gasteiger partial charge in [0.05, 0.1) is 11.9 Å². The number of amides is 1. The SMILES string of the molecule is CCN(CC)C(=O)C1CCN(c2cncc(C)n2)CC1. The molecule has 0 bridgehead atoms. The second-order valence-corrected chi connectivity index (χ2v) is 5.29. The summed E-state index contributed by atoms with van der Waals surface area (Å²) in [5.74, 6) is 1.41. The van der Waals surface area contributed by atoms with Gasteiger partial charge in [-0.25, -0.2) is 4.98 Å². The molecular weight excluding hydrogens is 252 g/mol. The molecule has 0 unspecified atom stereocenters. The molecule has 1 saturated heterocycles. The molecule has 2 heterocycles. The number of carbonyl (C=O) groups is 1. The van der Waals surface area contributed by atoms with Gasteiger partial charge in [0.25, 0.3) is 0 Å². The predicted molar refractivity (Wildman–Crippen MR) is 79.6 cm³/mol. The largest absolute Gasteiger partial charge is 0.355 e.